The number of aryl methyl sites for hydroxylation is 2. The summed E-state index contributed by atoms with van der Waals surface area (Å²) in [5.74, 6) is 0.572. The first-order valence-corrected chi connectivity index (χ1v) is 10.2. The van der Waals surface area contributed by atoms with Gasteiger partial charge in [0.1, 0.15) is 16.2 Å². The van der Waals surface area contributed by atoms with Crippen molar-refractivity contribution in [2.24, 2.45) is 5.73 Å². The highest BCUT2D eigenvalue weighted by Crippen LogP contribution is 2.34. The normalized spacial score (nSPS) is 18.9. The maximum Gasteiger partial charge on any atom is 0.233 e. The van der Waals surface area contributed by atoms with Crippen LogP contribution < -0.4 is 5.73 Å². The Kier molecular flexibility index (Phi) is 7.08. The van der Waals surface area contributed by atoms with Crippen LogP contribution in [0.2, 0.25) is 0 Å². The first-order valence-electron chi connectivity index (χ1n) is 8.37. The number of thioether (sulfide) groups is 1. The van der Waals surface area contributed by atoms with Crippen molar-refractivity contribution in [1.82, 2.24) is 14.9 Å². The second-order valence-electron chi connectivity index (χ2n) is 6.44. The number of nitrogens with zero attached hydrogens (tertiary/aromatic N) is 3. The van der Waals surface area contributed by atoms with E-state index in [0.717, 1.165) is 41.0 Å². The second kappa shape index (κ2) is 8.66. The van der Waals surface area contributed by atoms with Crippen LogP contribution in [0.15, 0.2) is 11.4 Å². The Balaban J connectivity index is 0.00000225. The number of halogens is 1. The van der Waals surface area contributed by atoms with Crippen molar-refractivity contribution in [3.63, 3.8) is 0 Å². The zero-order chi connectivity index (χ0) is 17.3. The van der Waals surface area contributed by atoms with E-state index in [1.165, 1.54) is 22.2 Å². The van der Waals surface area contributed by atoms with E-state index in [9.17, 15) is 4.79 Å². The molecule has 0 aromatic carbocycles. The van der Waals surface area contributed by atoms with E-state index >= 15 is 0 Å². The molecule has 2 aromatic heterocycles. The van der Waals surface area contributed by atoms with E-state index in [4.69, 9.17) is 5.73 Å². The minimum Gasteiger partial charge on any atom is -0.337 e. The van der Waals surface area contributed by atoms with Gasteiger partial charge < -0.3 is 10.6 Å². The number of thiophene rings is 1. The first kappa shape index (κ1) is 20.4. The molecule has 2 N–H and O–H groups in total. The Morgan fingerprint density at radius 1 is 1.44 bits per heavy atom. The molecular formula is C17H25ClN4OS2. The van der Waals surface area contributed by atoms with Crippen LogP contribution in [0.3, 0.4) is 0 Å². The summed E-state index contributed by atoms with van der Waals surface area (Å²) < 4.78 is 0. The quantitative estimate of drug-likeness (QED) is 0.627. The van der Waals surface area contributed by atoms with Crippen LogP contribution in [0.5, 0.6) is 0 Å². The van der Waals surface area contributed by atoms with Crippen LogP contribution in [0.4, 0.5) is 0 Å². The van der Waals surface area contributed by atoms with Gasteiger partial charge in [0.15, 0.2) is 0 Å². The van der Waals surface area contributed by atoms with Gasteiger partial charge in [0, 0.05) is 28.9 Å². The first-order chi connectivity index (χ1) is 11.5. The highest BCUT2D eigenvalue weighted by atomic mass is 35.5. The smallest absolute Gasteiger partial charge is 0.233 e. The molecule has 2 atom stereocenters. The molecule has 0 saturated carbocycles. The zero-order valence-corrected chi connectivity index (χ0v) is 17.3. The van der Waals surface area contributed by atoms with Gasteiger partial charge in [0.05, 0.1) is 5.75 Å². The molecule has 3 heterocycles. The lowest BCUT2D eigenvalue weighted by Crippen LogP contribution is -2.52. The fourth-order valence-electron chi connectivity index (χ4n) is 3.29. The molecule has 8 heteroatoms. The van der Waals surface area contributed by atoms with Crippen molar-refractivity contribution >= 4 is 51.6 Å². The number of hydrogen-bond acceptors (Lipinski definition) is 6. The third-order valence-electron chi connectivity index (χ3n) is 4.74. The molecule has 1 saturated heterocycles. The molecule has 2 unspecified atom stereocenters. The molecule has 138 valence electrons. The summed E-state index contributed by atoms with van der Waals surface area (Å²) in [4.78, 5) is 25.7. The maximum absolute atomic E-state index is 12.7. The van der Waals surface area contributed by atoms with Crippen molar-refractivity contribution in [3.05, 3.63) is 16.8 Å². The molecule has 1 fully saturated rings. The molecule has 1 aliphatic heterocycles. The van der Waals surface area contributed by atoms with E-state index in [1.807, 2.05) is 11.8 Å². The maximum atomic E-state index is 12.7. The summed E-state index contributed by atoms with van der Waals surface area (Å²) in [6.07, 6.45) is 4.83. The fourth-order valence-corrected chi connectivity index (χ4v) is 5.29. The number of aromatic nitrogens is 2. The number of hydrogen-bond donors (Lipinski definition) is 1. The Bertz CT molecular complexity index is 750. The van der Waals surface area contributed by atoms with Gasteiger partial charge in [-0.2, -0.15) is 0 Å². The average Bonchev–Trinajstić information content (AvgIpc) is 2.87. The van der Waals surface area contributed by atoms with E-state index in [2.05, 4.69) is 23.8 Å². The van der Waals surface area contributed by atoms with Crippen LogP contribution in [0.25, 0.3) is 10.2 Å². The topological polar surface area (TPSA) is 72.1 Å². The van der Waals surface area contributed by atoms with Gasteiger partial charge in [-0.15, -0.1) is 23.7 Å². The number of amides is 1. The van der Waals surface area contributed by atoms with Crippen LogP contribution in [0.1, 0.15) is 36.6 Å². The largest absolute Gasteiger partial charge is 0.337 e. The summed E-state index contributed by atoms with van der Waals surface area (Å²) in [6, 6.07) is 0.189. The number of rotatable bonds is 4. The third-order valence-corrected chi connectivity index (χ3v) is 6.83. The SMILES string of the molecule is Cc1sc2ncnc(SCC(=O)N3CCCCC3C(C)N)c2c1C.Cl. The molecule has 25 heavy (non-hydrogen) atoms. The fraction of sp³-hybridized carbons (Fsp3) is 0.588. The Morgan fingerprint density at radius 3 is 2.92 bits per heavy atom. The highest BCUT2D eigenvalue weighted by Gasteiger charge is 2.29. The minimum absolute atomic E-state index is 0. The summed E-state index contributed by atoms with van der Waals surface area (Å²) in [7, 11) is 0. The van der Waals surface area contributed by atoms with Gasteiger partial charge in [-0.25, -0.2) is 9.97 Å². The van der Waals surface area contributed by atoms with Gasteiger partial charge in [-0.3, -0.25) is 4.79 Å². The van der Waals surface area contributed by atoms with Crippen molar-refractivity contribution in [1.29, 1.82) is 0 Å². The lowest BCUT2D eigenvalue weighted by Gasteiger charge is -2.38. The summed E-state index contributed by atoms with van der Waals surface area (Å²) in [5, 5.41) is 2.00. The molecule has 0 aliphatic carbocycles. The predicted octanol–water partition coefficient (Wildman–Crippen LogP) is 3.55. The van der Waals surface area contributed by atoms with Gasteiger partial charge >= 0.3 is 0 Å². The molecule has 0 spiro atoms. The van der Waals surface area contributed by atoms with Gasteiger partial charge in [-0.05, 0) is 45.6 Å². The highest BCUT2D eigenvalue weighted by molar-refractivity contribution is 8.00. The number of carbonyl (C=O) groups excluding carboxylic acids is 1. The predicted molar refractivity (Wildman–Crippen MR) is 108 cm³/mol. The molecule has 0 bridgehead atoms. The van der Waals surface area contributed by atoms with Gasteiger partial charge in [0.2, 0.25) is 5.91 Å². The molecular weight excluding hydrogens is 376 g/mol. The molecule has 5 nitrogen and oxygen atoms in total. The number of carbonyl (C=O) groups is 1. The minimum atomic E-state index is 0. The average molecular weight is 401 g/mol. The number of likely N-dealkylation sites (tertiary alicyclic amines) is 1. The van der Waals surface area contributed by atoms with Crippen LogP contribution in [-0.4, -0.2) is 45.2 Å². The number of piperidine rings is 1. The van der Waals surface area contributed by atoms with Crippen molar-refractivity contribution in [2.75, 3.05) is 12.3 Å². The summed E-state index contributed by atoms with van der Waals surface area (Å²) in [6.45, 7) is 7.01. The van der Waals surface area contributed by atoms with Crippen LogP contribution in [-0.2, 0) is 4.79 Å². The second-order valence-corrected chi connectivity index (χ2v) is 8.61. The number of nitrogens with two attached hydrogens (primary N) is 1. The van der Waals surface area contributed by atoms with Crippen molar-refractivity contribution in [3.8, 4) is 0 Å². The Hall–Kier alpha value is -0.890. The van der Waals surface area contributed by atoms with E-state index in [-0.39, 0.29) is 30.4 Å². The van der Waals surface area contributed by atoms with E-state index < -0.39 is 0 Å². The zero-order valence-electron chi connectivity index (χ0n) is 14.8. The molecule has 1 aliphatic rings. The van der Waals surface area contributed by atoms with Crippen molar-refractivity contribution < 1.29 is 4.79 Å². The van der Waals surface area contributed by atoms with E-state index in [1.54, 1.807) is 17.7 Å². The van der Waals surface area contributed by atoms with E-state index in [0.29, 0.717) is 5.75 Å². The molecule has 3 rings (SSSR count). The lowest BCUT2D eigenvalue weighted by molar-refractivity contribution is -0.132. The molecule has 2 aromatic rings. The Morgan fingerprint density at radius 2 is 2.20 bits per heavy atom. The third kappa shape index (κ3) is 4.27. The van der Waals surface area contributed by atoms with Crippen LogP contribution in [0, 0.1) is 13.8 Å². The molecule has 0 radical (unpaired) electrons. The van der Waals surface area contributed by atoms with Crippen LogP contribution >= 0.6 is 35.5 Å². The summed E-state index contributed by atoms with van der Waals surface area (Å²) >= 11 is 3.20. The summed E-state index contributed by atoms with van der Waals surface area (Å²) in [5.41, 5.74) is 7.30. The van der Waals surface area contributed by atoms with Crippen molar-refractivity contribution in [2.45, 2.75) is 57.1 Å². The molecule has 1 amide bonds. The van der Waals surface area contributed by atoms with Gasteiger partial charge in [0.25, 0.3) is 0 Å². The standard InChI is InChI=1S/C17H24N4OS2.ClH/c1-10-12(3)24-17-15(10)16(19-9-20-17)23-8-14(22)21-7-5-4-6-13(21)11(2)18;/h9,11,13H,4-8,18H2,1-3H3;1H. The van der Waals surface area contributed by atoms with Gasteiger partial charge in [-0.1, -0.05) is 11.8 Å². The lowest BCUT2D eigenvalue weighted by atomic mass is 9.97. The number of fused-ring (bicyclic) bond motifs is 1. The Labute approximate surface area is 163 Å². The monoisotopic (exact) mass is 400 g/mol.